The molecule has 0 aromatic heterocycles. The average molecular weight is 591 g/mol. The number of ether oxygens (including phenoxy) is 1. The third-order valence-corrected chi connectivity index (χ3v) is 10.2. The summed E-state index contributed by atoms with van der Waals surface area (Å²) in [5.74, 6) is -4.01. The monoisotopic (exact) mass is 590 g/mol. The smallest absolute Gasteiger partial charge is 0.241 e. The first kappa shape index (κ1) is 28.1. The molecule has 2 heterocycles. The molecule has 8 heteroatoms. The lowest BCUT2D eigenvalue weighted by atomic mass is 9.51. The van der Waals surface area contributed by atoms with Gasteiger partial charge in [-0.25, -0.2) is 4.90 Å². The number of para-hydroxylation sites is 2. The number of aromatic hydroxyl groups is 1. The molecule has 1 saturated carbocycles. The first-order chi connectivity index (χ1) is 21.3. The van der Waals surface area contributed by atoms with E-state index >= 15 is 0 Å². The minimum Gasteiger partial charge on any atom is -0.504 e. The van der Waals surface area contributed by atoms with E-state index in [1.54, 1.807) is 42.5 Å². The molecule has 0 radical (unpaired) electrons. The Labute approximate surface area is 255 Å². The van der Waals surface area contributed by atoms with Gasteiger partial charge in [-0.1, -0.05) is 72.3 Å². The number of likely N-dealkylation sites (tertiary alicyclic amines) is 1. The van der Waals surface area contributed by atoms with Gasteiger partial charge in [-0.3, -0.25) is 24.1 Å². The number of hydrogen-bond acceptors (Lipinski definition) is 6. The third-order valence-electron chi connectivity index (χ3n) is 10.2. The summed E-state index contributed by atoms with van der Waals surface area (Å²) in [4.78, 5) is 59.1. The highest BCUT2D eigenvalue weighted by atomic mass is 16.5. The predicted octanol–water partition coefficient (Wildman–Crippen LogP) is 5.22. The summed E-state index contributed by atoms with van der Waals surface area (Å²) in [5, 5.41) is 11.5. The maximum absolute atomic E-state index is 14.5. The summed E-state index contributed by atoms with van der Waals surface area (Å²) in [5.41, 5.74) is 1.42. The highest BCUT2D eigenvalue weighted by molar-refractivity contribution is 6.24. The number of anilines is 1. The largest absolute Gasteiger partial charge is 0.504 e. The summed E-state index contributed by atoms with van der Waals surface area (Å²) < 4.78 is 5.72. The van der Waals surface area contributed by atoms with E-state index in [4.69, 9.17) is 4.74 Å². The van der Waals surface area contributed by atoms with Gasteiger partial charge in [0.15, 0.2) is 11.5 Å². The lowest BCUT2D eigenvalue weighted by Gasteiger charge is -2.49. The number of rotatable bonds is 6. The quantitative estimate of drug-likeness (QED) is 0.312. The van der Waals surface area contributed by atoms with Crippen molar-refractivity contribution >= 4 is 29.3 Å². The molecule has 0 spiro atoms. The molecule has 2 aliphatic carbocycles. The molecule has 4 aliphatic rings. The molecular weight excluding hydrogens is 556 g/mol. The number of imide groups is 2. The van der Waals surface area contributed by atoms with Gasteiger partial charge in [0, 0.05) is 11.5 Å². The van der Waals surface area contributed by atoms with Crippen LogP contribution in [0.3, 0.4) is 0 Å². The number of carbonyl (C=O) groups excluding carboxylic acids is 4. The molecule has 2 saturated heterocycles. The number of allylic oxidation sites excluding steroid dienone is 2. The highest BCUT2D eigenvalue weighted by Gasteiger charge is 2.68. The van der Waals surface area contributed by atoms with Crippen LogP contribution < -0.4 is 9.64 Å². The lowest BCUT2D eigenvalue weighted by molar-refractivity contribution is -0.141. The number of carbonyl (C=O) groups is 4. The summed E-state index contributed by atoms with van der Waals surface area (Å²) in [6, 6.07) is 23.5. The van der Waals surface area contributed by atoms with Crippen LogP contribution in [-0.2, 0) is 25.7 Å². The van der Waals surface area contributed by atoms with Gasteiger partial charge in [-0.2, -0.15) is 0 Å². The number of benzene rings is 3. The second-order valence-corrected chi connectivity index (χ2v) is 12.4. The van der Waals surface area contributed by atoms with Gasteiger partial charge in [-0.15, -0.1) is 0 Å². The molecule has 2 aliphatic heterocycles. The minimum absolute atomic E-state index is 0.0825. The molecule has 44 heavy (non-hydrogen) atoms. The molecule has 3 aromatic carbocycles. The molecule has 7 rings (SSSR count). The van der Waals surface area contributed by atoms with Crippen LogP contribution in [0.15, 0.2) is 90.5 Å². The van der Waals surface area contributed by atoms with E-state index in [-0.39, 0.29) is 42.3 Å². The van der Waals surface area contributed by atoms with Crippen molar-refractivity contribution in [3.05, 3.63) is 102 Å². The topological polar surface area (TPSA) is 104 Å². The van der Waals surface area contributed by atoms with Crippen LogP contribution >= 0.6 is 0 Å². The zero-order valence-electron chi connectivity index (χ0n) is 24.7. The Morgan fingerprint density at radius 3 is 2.27 bits per heavy atom. The van der Waals surface area contributed by atoms with Gasteiger partial charge in [0.05, 0.1) is 42.0 Å². The Hall–Kier alpha value is -4.72. The fraction of sp³-hybridized carbons (Fsp3) is 0.333. The van der Waals surface area contributed by atoms with Crippen molar-refractivity contribution in [1.29, 1.82) is 0 Å². The number of nitrogens with zero attached hydrogens (tertiary/aromatic N) is 2. The number of phenols is 1. The van der Waals surface area contributed by atoms with E-state index in [0.29, 0.717) is 30.0 Å². The highest BCUT2D eigenvalue weighted by Crippen LogP contribution is 2.64. The van der Waals surface area contributed by atoms with Crippen molar-refractivity contribution in [2.75, 3.05) is 11.5 Å². The molecule has 3 aromatic rings. The van der Waals surface area contributed by atoms with Gasteiger partial charge >= 0.3 is 0 Å². The maximum Gasteiger partial charge on any atom is 0.241 e. The molecule has 4 amide bonds. The van der Waals surface area contributed by atoms with Crippen molar-refractivity contribution < 1.29 is 29.0 Å². The van der Waals surface area contributed by atoms with Gasteiger partial charge in [0.1, 0.15) is 0 Å². The summed E-state index contributed by atoms with van der Waals surface area (Å²) >= 11 is 0. The second-order valence-electron chi connectivity index (χ2n) is 12.4. The van der Waals surface area contributed by atoms with Gasteiger partial charge < -0.3 is 9.84 Å². The second kappa shape index (κ2) is 10.5. The molecule has 6 unspecified atom stereocenters. The fourth-order valence-electron chi connectivity index (χ4n) is 8.21. The third kappa shape index (κ3) is 3.96. The predicted molar refractivity (Wildman–Crippen MR) is 162 cm³/mol. The zero-order chi connectivity index (χ0) is 30.7. The van der Waals surface area contributed by atoms with Gasteiger partial charge in [0.2, 0.25) is 23.6 Å². The van der Waals surface area contributed by atoms with E-state index in [1.807, 2.05) is 56.3 Å². The van der Waals surface area contributed by atoms with E-state index < -0.39 is 35.0 Å². The van der Waals surface area contributed by atoms with Crippen molar-refractivity contribution in [1.82, 2.24) is 4.90 Å². The number of phenolic OH excluding ortho intramolecular Hbond substituents is 1. The molecular formula is C36H34N2O6. The zero-order valence-corrected chi connectivity index (χ0v) is 24.7. The first-order valence-electron chi connectivity index (χ1n) is 15.2. The van der Waals surface area contributed by atoms with Crippen LogP contribution in [0, 0.1) is 29.1 Å². The average Bonchev–Trinajstić information content (AvgIpc) is 3.39. The Morgan fingerprint density at radius 2 is 1.57 bits per heavy atom. The van der Waals surface area contributed by atoms with Crippen LogP contribution in [0.2, 0.25) is 0 Å². The van der Waals surface area contributed by atoms with Crippen molar-refractivity contribution in [3.8, 4) is 11.5 Å². The standard InChI is InChI=1S/C36H34N2O6/c1-3-44-28-16-10-15-25(31(28)39)30-23-17-18-24-29(34(42)37(32(24)40)20-21-11-6-4-7-12-21)26(23)19-27-33(41)38(35(43)36(27,30)2)22-13-8-5-9-14-22/h4-17,24,26-27,29-30,39H,3,18-20H2,1-2H3. The molecule has 0 bridgehead atoms. The van der Waals surface area contributed by atoms with E-state index in [0.717, 1.165) is 11.1 Å². The van der Waals surface area contributed by atoms with Crippen molar-refractivity contribution in [2.24, 2.45) is 29.1 Å². The van der Waals surface area contributed by atoms with Crippen LogP contribution in [0.4, 0.5) is 5.69 Å². The lowest BCUT2D eigenvalue weighted by Crippen LogP contribution is -2.48. The summed E-state index contributed by atoms with van der Waals surface area (Å²) in [7, 11) is 0. The molecule has 8 nitrogen and oxygen atoms in total. The molecule has 6 atom stereocenters. The van der Waals surface area contributed by atoms with Crippen molar-refractivity contribution in [2.45, 2.75) is 39.2 Å². The van der Waals surface area contributed by atoms with Crippen LogP contribution in [0.25, 0.3) is 0 Å². The Bertz CT molecular complexity index is 1700. The molecule has 224 valence electrons. The van der Waals surface area contributed by atoms with E-state index in [1.165, 1.54) is 9.80 Å². The molecule has 3 fully saturated rings. The number of hydrogen-bond donors (Lipinski definition) is 1. The van der Waals surface area contributed by atoms with E-state index in [9.17, 15) is 24.3 Å². The summed E-state index contributed by atoms with van der Waals surface area (Å²) in [6.07, 6.45) is 2.60. The number of fused-ring (bicyclic) bond motifs is 4. The van der Waals surface area contributed by atoms with Crippen LogP contribution in [-0.4, -0.2) is 40.2 Å². The normalized spacial score (nSPS) is 29.3. The molecule has 1 N–H and O–H groups in total. The SMILES string of the molecule is CCOc1cccc(C2C3=CCC4C(=O)N(Cc5ccccc5)C(=O)C4C3CC3C(=O)N(c4ccccc4)C(=O)C32C)c1O. The maximum atomic E-state index is 14.5. The Kier molecular flexibility index (Phi) is 6.68. The first-order valence-corrected chi connectivity index (χ1v) is 15.2. The van der Waals surface area contributed by atoms with E-state index in [2.05, 4.69) is 0 Å². The van der Waals surface area contributed by atoms with Crippen LogP contribution in [0.5, 0.6) is 11.5 Å². The fourth-order valence-corrected chi connectivity index (χ4v) is 8.21. The minimum atomic E-state index is -1.24. The van der Waals surface area contributed by atoms with Crippen LogP contribution in [0.1, 0.15) is 43.7 Å². The Morgan fingerprint density at radius 1 is 0.864 bits per heavy atom. The summed E-state index contributed by atoms with van der Waals surface area (Å²) in [6.45, 7) is 4.16. The van der Waals surface area contributed by atoms with Gasteiger partial charge in [-0.05, 0) is 56.4 Å². The van der Waals surface area contributed by atoms with Crippen molar-refractivity contribution in [3.63, 3.8) is 0 Å². The van der Waals surface area contributed by atoms with Gasteiger partial charge in [0.25, 0.3) is 0 Å². The number of amides is 4. The Balaban J connectivity index is 1.36.